The zero-order valence-electron chi connectivity index (χ0n) is 13.1. The van der Waals surface area contributed by atoms with E-state index < -0.39 is 10.0 Å². The number of nitrogens with one attached hydrogen (secondary N) is 1. The van der Waals surface area contributed by atoms with Gasteiger partial charge in [-0.15, -0.1) is 0 Å². The van der Waals surface area contributed by atoms with Gasteiger partial charge in [0, 0.05) is 23.1 Å². The molecule has 7 heteroatoms. The number of hydrogen-bond acceptors (Lipinski definition) is 3. The summed E-state index contributed by atoms with van der Waals surface area (Å²) in [5.74, 6) is 0.0681. The van der Waals surface area contributed by atoms with Crippen LogP contribution < -0.4 is 9.62 Å². The molecular weight excluding hydrogens is 392 g/mol. The molecule has 0 aliphatic carbocycles. The molecule has 3 rings (SSSR count). The van der Waals surface area contributed by atoms with Gasteiger partial charge < -0.3 is 4.90 Å². The summed E-state index contributed by atoms with van der Waals surface area (Å²) in [7, 11) is -3.68. The van der Waals surface area contributed by atoms with Crippen molar-refractivity contribution in [2.75, 3.05) is 16.2 Å². The number of nitrogens with zero attached hydrogens (tertiary/aromatic N) is 1. The Hall–Kier alpha value is -1.86. The first-order chi connectivity index (χ1) is 11.4. The summed E-state index contributed by atoms with van der Waals surface area (Å²) in [5.41, 5.74) is 1.99. The van der Waals surface area contributed by atoms with Gasteiger partial charge in [0.2, 0.25) is 5.91 Å². The van der Waals surface area contributed by atoms with Crippen molar-refractivity contribution in [3.8, 4) is 0 Å². The van der Waals surface area contributed by atoms with Crippen LogP contribution in [0.1, 0.15) is 18.4 Å². The second kappa shape index (κ2) is 6.57. The van der Waals surface area contributed by atoms with Gasteiger partial charge >= 0.3 is 0 Å². The Morgan fingerprint density at radius 3 is 2.62 bits per heavy atom. The first-order valence-electron chi connectivity index (χ1n) is 7.56. The minimum Gasteiger partial charge on any atom is -0.312 e. The second-order valence-corrected chi connectivity index (χ2v) is 8.25. The molecule has 0 aromatic heterocycles. The summed E-state index contributed by atoms with van der Waals surface area (Å²) in [6.07, 6.45) is 1.36. The molecule has 0 unspecified atom stereocenters. The third kappa shape index (κ3) is 3.47. The van der Waals surface area contributed by atoms with E-state index in [1.165, 1.54) is 0 Å². The lowest BCUT2D eigenvalue weighted by Gasteiger charge is -2.17. The van der Waals surface area contributed by atoms with Crippen molar-refractivity contribution in [3.63, 3.8) is 0 Å². The molecule has 2 aromatic rings. The van der Waals surface area contributed by atoms with E-state index >= 15 is 0 Å². The third-order valence-corrected chi connectivity index (χ3v) is 6.19. The minimum absolute atomic E-state index is 0.0681. The van der Waals surface area contributed by atoms with Crippen LogP contribution in [0.3, 0.4) is 0 Å². The lowest BCUT2D eigenvalue weighted by atomic mass is 10.2. The Balaban J connectivity index is 1.87. The SMILES string of the molecule is Cc1cc(S(=O)(=O)Nc2cccc(N3CCCC3=O)c2)ccc1Br. The molecule has 0 atom stereocenters. The molecule has 0 saturated carbocycles. The number of halogens is 1. The van der Waals surface area contributed by atoms with Gasteiger partial charge in [-0.05, 0) is 55.3 Å². The van der Waals surface area contributed by atoms with Gasteiger partial charge in [-0.2, -0.15) is 0 Å². The van der Waals surface area contributed by atoms with Gasteiger partial charge in [0.15, 0.2) is 0 Å². The van der Waals surface area contributed by atoms with Gasteiger partial charge in [-0.3, -0.25) is 9.52 Å². The Morgan fingerprint density at radius 2 is 1.96 bits per heavy atom. The van der Waals surface area contributed by atoms with Crippen LogP contribution in [0.5, 0.6) is 0 Å². The second-order valence-electron chi connectivity index (χ2n) is 5.72. The Bertz CT molecular complexity index is 896. The highest BCUT2D eigenvalue weighted by molar-refractivity contribution is 9.10. The van der Waals surface area contributed by atoms with Crippen LogP contribution in [0.4, 0.5) is 11.4 Å². The summed E-state index contributed by atoms with van der Waals surface area (Å²) in [5, 5.41) is 0. The maximum atomic E-state index is 12.6. The lowest BCUT2D eigenvalue weighted by Crippen LogP contribution is -2.23. The van der Waals surface area contributed by atoms with E-state index in [-0.39, 0.29) is 10.8 Å². The summed E-state index contributed by atoms with van der Waals surface area (Å²) < 4.78 is 28.5. The number of anilines is 2. The number of aryl methyl sites for hydroxylation is 1. The Labute approximate surface area is 149 Å². The average Bonchev–Trinajstić information content (AvgIpc) is 2.96. The van der Waals surface area contributed by atoms with Gasteiger partial charge in [-0.25, -0.2) is 8.42 Å². The fraction of sp³-hybridized carbons (Fsp3) is 0.235. The van der Waals surface area contributed by atoms with E-state index in [1.807, 2.05) is 13.0 Å². The van der Waals surface area contributed by atoms with E-state index in [0.29, 0.717) is 24.3 Å². The molecule has 1 amide bonds. The van der Waals surface area contributed by atoms with Crippen LogP contribution in [0, 0.1) is 6.92 Å². The predicted octanol–water partition coefficient (Wildman–Crippen LogP) is 3.69. The molecule has 126 valence electrons. The number of carbonyl (C=O) groups is 1. The summed E-state index contributed by atoms with van der Waals surface area (Å²) in [6, 6.07) is 11.8. The smallest absolute Gasteiger partial charge is 0.261 e. The molecule has 1 saturated heterocycles. The topological polar surface area (TPSA) is 66.5 Å². The number of hydrogen-bond donors (Lipinski definition) is 1. The quantitative estimate of drug-likeness (QED) is 0.838. The van der Waals surface area contributed by atoms with Crippen LogP contribution in [-0.2, 0) is 14.8 Å². The van der Waals surface area contributed by atoms with Gasteiger partial charge in [0.05, 0.1) is 10.6 Å². The number of sulfonamides is 1. The van der Waals surface area contributed by atoms with Crippen molar-refractivity contribution in [2.45, 2.75) is 24.7 Å². The van der Waals surface area contributed by atoms with Crippen molar-refractivity contribution >= 4 is 43.2 Å². The van der Waals surface area contributed by atoms with E-state index in [9.17, 15) is 13.2 Å². The number of benzene rings is 2. The number of carbonyl (C=O) groups excluding carboxylic acids is 1. The predicted molar refractivity (Wildman–Crippen MR) is 97.7 cm³/mol. The Kier molecular flexibility index (Phi) is 4.64. The number of amides is 1. The third-order valence-electron chi connectivity index (χ3n) is 3.92. The largest absolute Gasteiger partial charge is 0.312 e. The fourth-order valence-corrected chi connectivity index (χ4v) is 4.04. The average molecular weight is 409 g/mol. The van der Waals surface area contributed by atoms with Crippen LogP contribution in [0.15, 0.2) is 51.8 Å². The van der Waals surface area contributed by atoms with E-state index in [1.54, 1.807) is 41.3 Å². The molecule has 1 fully saturated rings. The lowest BCUT2D eigenvalue weighted by molar-refractivity contribution is -0.117. The highest BCUT2D eigenvalue weighted by Gasteiger charge is 2.22. The summed E-state index contributed by atoms with van der Waals surface area (Å²) >= 11 is 3.36. The van der Waals surface area contributed by atoms with Crippen molar-refractivity contribution in [2.24, 2.45) is 0 Å². The molecule has 1 aliphatic heterocycles. The normalized spacial score (nSPS) is 14.9. The molecule has 0 bridgehead atoms. The van der Waals surface area contributed by atoms with Crippen LogP contribution >= 0.6 is 15.9 Å². The standard InChI is InChI=1S/C17H17BrN2O3S/c1-12-10-15(7-8-16(12)18)24(22,23)19-13-4-2-5-14(11-13)20-9-3-6-17(20)21/h2,4-5,7-8,10-11,19H,3,6,9H2,1H3. The molecule has 2 aromatic carbocycles. The highest BCUT2D eigenvalue weighted by atomic mass is 79.9. The highest BCUT2D eigenvalue weighted by Crippen LogP contribution is 2.26. The Morgan fingerprint density at radius 1 is 1.17 bits per heavy atom. The van der Waals surface area contributed by atoms with Crippen LogP contribution in [0.25, 0.3) is 0 Å². The minimum atomic E-state index is -3.68. The van der Waals surface area contributed by atoms with E-state index in [2.05, 4.69) is 20.7 Å². The van der Waals surface area contributed by atoms with Crippen molar-refractivity contribution in [1.82, 2.24) is 0 Å². The summed E-state index contributed by atoms with van der Waals surface area (Å²) in [4.78, 5) is 13.7. The monoisotopic (exact) mass is 408 g/mol. The molecule has 24 heavy (non-hydrogen) atoms. The molecule has 1 aliphatic rings. The molecular formula is C17H17BrN2O3S. The maximum Gasteiger partial charge on any atom is 0.261 e. The van der Waals surface area contributed by atoms with Crippen LogP contribution in [-0.4, -0.2) is 20.9 Å². The molecule has 1 heterocycles. The van der Waals surface area contributed by atoms with E-state index in [4.69, 9.17) is 0 Å². The zero-order chi connectivity index (χ0) is 17.3. The fourth-order valence-electron chi connectivity index (χ4n) is 2.66. The van der Waals surface area contributed by atoms with Crippen molar-refractivity contribution in [3.05, 3.63) is 52.5 Å². The molecule has 1 N–H and O–H groups in total. The van der Waals surface area contributed by atoms with Crippen molar-refractivity contribution in [1.29, 1.82) is 0 Å². The van der Waals surface area contributed by atoms with Gasteiger partial charge in [0.1, 0.15) is 0 Å². The first kappa shape index (κ1) is 17.0. The van der Waals surface area contributed by atoms with Crippen LogP contribution in [0.2, 0.25) is 0 Å². The maximum absolute atomic E-state index is 12.6. The molecule has 5 nitrogen and oxygen atoms in total. The first-order valence-corrected chi connectivity index (χ1v) is 9.84. The summed E-state index contributed by atoms with van der Waals surface area (Å²) in [6.45, 7) is 2.50. The van der Waals surface area contributed by atoms with Gasteiger partial charge in [-0.1, -0.05) is 22.0 Å². The molecule has 0 radical (unpaired) electrons. The number of rotatable bonds is 4. The zero-order valence-corrected chi connectivity index (χ0v) is 15.5. The van der Waals surface area contributed by atoms with Crippen molar-refractivity contribution < 1.29 is 13.2 Å². The molecule has 0 spiro atoms. The van der Waals surface area contributed by atoms with Gasteiger partial charge in [0.25, 0.3) is 10.0 Å². The van der Waals surface area contributed by atoms with E-state index in [0.717, 1.165) is 16.5 Å².